The molecule has 0 radical (unpaired) electrons. The van der Waals surface area contributed by atoms with Crippen molar-refractivity contribution in [3.8, 4) is 0 Å². The van der Waals surface area contributed by atoms with Gasteiger partial charge in [-0.2, -0.15) is 0 Å². The van der Waals surface area contributed by atoms with Crippen LogP contribution in [-0.4, -0.2) is 24.1 Å². The van der Waals surface area contributed by atoms with Gasteiger partial charge in [0.25, 0.3) is 0 Å². The van der Waals surface area contributed by atoms with E-state index in [1.54, 1.807) is 0 Å². The van der Waals surface area contributed by atoms with Crippen molar-refractivity contribution in [3.63, 3.8) is 0 Å². The van der Waals surface area contributed by atoms with Crippen LogP contribution in [0.3, 0.4) is 0 Å². The maximum Gasteiger partial charge on any atom is 0.0876 e. The lowest BCUT2D eigenvalue weighted by molar-refractivity contribution is -0.652. The molecule has 1 unspecified atom stereocenters. The van der Waals surface area contributed by atoms with Crippen LogP contribution in [0.4, 0.5) is 0 Å². The Morgan fingerprint density at radius 3 is 2.78 bits per heavy atom. The molecule has 1 atom stereocenters. The van der Waals surface area contributed by atoms with E-state index >= 15 is 0 Å². The van der Waals surface area contributed by atoms with Gasteiger partial charge in [-0.3, -0.25) is 0 Å². The maximum absolute atomic E-state index is 2.42. The Morgan fingerprint density at radius 1 is 1.67 bits per heavy atom. The van der Waals surface area contributed by atoms with Gasteiger partial charge in [0.2, 0.25) is 0 Å². The summed E-state index contributed by atoms with van der Waals surface area (Å²) in [5.41, 5.74) is 0. The molecule has 0 aromatic rings. The van der Waals surface area contributed by atoms with E-state index in [0.29, 0.717) is 0 Å². The van der Waals surface area contributed by atoms with E-state index in [0.717, 1.165) is 5.25 Å². The van der Waals surface area contributed by atoms with E-state index in [1.807, 2.05) is 0 Å². The summed E-state index contributed by atoms with van der Waals surface area (Å²) in [7, 11) is 0. The van der Waals surface area contributed by atoms with E-state index in [2.05, 4.69) is 24.0 Å². The van der Waals surface area contributed by atoms with Gasteiger partial charge in [0.05, 0.1) is 18.3 Å². The number of hydrogen-bond acceptors (Lipinski definition) is 1. The van der Waals surface area contributed by atoms with Gasteiger partial charge in [0.15, 0.2) is 0 Å². The molecule has 0 amide bonds. The molecule has 56 valence electrons. The van der Waals surface area contributed by atoms with Gasteiger partial charge in [-0.1, -0.05) is 6.92 Å². The molecule has 0 bridgehead atoms. The Balaban J connectivity index is 0.000000640. The van der Waals surface area contributed by atoms with Crippen LogP contribution in [-0.2, 0) is 0 Å². The lowest BCUT2D eigenvalue weighted by Gasteiger charge is -2.17. The minimum Gasteiger partial charge on any atom is -1.00 e. The smallest absolute Gasteiger partial charge is 0.0876 e. The van der Waals surface area contributed by atoms with E-state index in [9.17, 15) is 0 Å². The van der Waals surface area contributed by atoms with Crippen molar-refractivity contribution in [1.82, 2.24) is 0 Å². The summed E-state index contributed by atoms with van der Waals surface area (Å²) in [4.78, 5) is 0. The first-order valence-electron chi connectivity index (χ1n) is 3.36. The standard InChI is InChI=1S/C6H13NS.ClH/c1-2-6-5-7-3-4-8-6;/h6-7H,2-5H2,1H3;1H. The molecule has 1 fully saturated rings. The molecule has 0 saturated carbocycles. The zero-order valence-electron chi connectivity index (χ0n) is 5.77. The van der Waals surface area contributed by atoms with E-state index in [1.165, 1.54) is 25.3 Å². The minimum atomic E-state index is 0. The molecule has 1 aliphatic heterocycles. The summed E-state index contributed by atoms with van der Waals surface area (Å²) >= 11 is 2.13. The second-order valence-corrected chi connectivity index (χ2v) is 3.62. The fourth-order valence-corrected chi connectivity index (χ4v) is 2.12. The molecular formula is C6H14ClNS. The molecule has 0 aromatic carbocycles. The van der Waals surface area contributed by atoms with Gasteiger partial charge in [-0.05, 0) is 6.42 Å². The first-order valence-corrected chi connectivity index (χ1v) is 4.41. The topological polar surface area (TPSA) is 16.6 Å². The predicted molar refractivity (Wildman–Crippen MR) is 38.2 cm³/mol. The van der Waals surface area contributed by atoms with Gasteiger partial charge in [-0.15, -0.1) is 11.8 Å². The van der Waals surface area contributed by atoms with Crippen LogP contribution >= 0.6 is 11.8 Å². The van der Waals surface area contributed by atoms with Crippen molar-refractivity contribution < 1.29 is 17.7 Å². The molecule has 1 nitrogen and oxygen atoms in total. The summed E-state index contributed by atoms with van der Waals surface area (Å²) in [6.07, 6.45) is 1.35. The molecule has 9 heavy (non-hydrogen) atoms. The van der Waals surface area contributed by atoms with Crippen molar-refractivity contribution in [2.45, 2.75) is 18.6 Å². The highest BCUT2D eigenvalue weighted by molar-refractivity contribution is 7.99. The quantitative estimate of drug-likeness (QED) is 0.443. The Bertz CT molecular complexity index is 64.1. The van der Waals surface area contributed by atoms with Gasteiger partial charge >= 0.3 is 0 Å². The summed E-state index contributed by atoms with van der Waals surface area (Å²) in [5.74, 6) is 1.36. The molecule has 3 heteroatoms. The highest BCUT2D eigenvalue weighted by atomic mass is 35.5. The number of quaternary nitrogens is 1. The van der Waals surface area contributed by atoms with Gasteiger partial charge in [-0.25, -0.2) is 0 Å². The van der Waals surface area contributed by atoms with Crippen molar-refractivity contribution in [1.29, 1.82) is 0 Å². The van der Waals surface area contributed by atoms with Crippen LogP contribution in [0, 0.1) is 0 Å². The Hall–Kier alpha value is 0.600. The molecule has 1 rings (SSSR count). The first kappa shape index (κ1) is 9.60. The van der Waals surface area contributed by atoms with Crippen molar-refractivity contribution in [3.05, 3.63) is 0 Å². The van der Waals surface area contributed by atoms with Crippen molar-refractivity contribution >= 4 is 11.8 Å². The molecule has 0 aliphatic carbocycles. The molecule has 1 heterocycles. The fourth-order valence-electron chi connectivity index (χ4n) is 0.974. The molecule has 1 saturated heterocycles. The molecular weight excluding hydrogens is 154 g/mol. The summed E-state index contributed by atoms with van der Waals surface area (Å²) in [6, 6.07) is 0. The van der Waals surface area contributed by atoms with E-state index < -0.39 is 0 Å². The van der Waals surface area contributed by atoms with E-state index in [-0.39, 0.29) is 12.4 Å². The van der Waals surface area contributed by atoms with Crippen LogP contribution in [0.25, 0.3) is 0 Å². The van der Waals surface area contributed by atoms with Gasteiger partial charge < -0.3 is 17.7 Å². The van der Waals surface area contributed by atoms with Crippen LogP contribution in [0.5, 0.6) is 0 Å². The van der Waals surface area contributed by atoms with Crippen LogP contribution in [0.15, 0.2) is 0 Å². The molecule has 0 spiro atoms. The maximum atomic E-state index is 2.42. The van der Waals surface area contributed by atoms with Crippen LogP contribution in [0.2, 0.25) is 0 Å². The molecule has 1 aliphatic rings. The number of nitrogens with two attached hydrogens (primary N) is 1. The normalized spacial score (nSPS) is 27.0. The van der Waals surface area contributed by atoms with Crippen molar-refractivity contribution in [2.75, 3.05) is 18.8 Å². The number of rotatable bonds is 1. The highest BCUT2D eigenvalue weighted by Crippen LogP contribution is 2.12. The fraction of sp³-hybridized carbons (Fsp3) is 1.00. The number of hydrogen-bond donors (Lipinski definition) is 1. The second-order valence-electron chi connectivity index (χ2n) is 2.21. The zero-order chi connectivity index (χ0) is 5.82. The third-order valence-electron chi connectivity index (χ3n) is 1.56. The zero-order valence-corrected chi connectivity index (χ0v) is 7.34. The summed E-state index contributed by atoms with van der Waals surface area (Å²) in [5, 5.41) is 3.37. The highest BCUT2D eigenvalue weighted by Gasteiger charge is 2.12. The van der Waals surface area contributed by atoms with E-state index in [4.69, 9.17) is 0 Å². The average Bonchev–Trinajstić information content (AvgIpc) is 1.90. The third-order valence-corrected chi connectivity index (χ3v) is 3.03. The largest absolute Gasteiger partial charge is 1.00 e. The van der Waals surface area contributed by atoms with Gasteiger partial charge in [0.1, 0.15) is 0 Å². The Labute approximate surface area is 67.4 Å². The minimum absolute atomic E-state index is 0. The lowest BCUT2D eigenvalue weighted by atomic mass is 10.3. The SMILES string of the molecule is CCC1C[NH2+]CCS1.[Cl-]. The second kappa shape index (κ2) is 5.39. The monoisotopic (exact) mass is 167 g/mol. The first-order chi connectivity index (χ1) is 3.93. The van der Waals surface area contributed by atoms with Crippen molar-refractivity contribution in [2.24, 2.45) is 0 Å². The van der Waals surface area contributed by atoms with Crippen LogP contribution < -0.4 is 17.7 Å². The lowest BCUT2D eigenvalue weighted by Crippen LogP contribution is -3.00. The number of halogens is 1. The molecule has 0 aromatic heterocycles. The molecule has 2 N–H and O–H groups in total. The summed E-state index contributed by atoms with van der Waals surface area (Å²) < 4.78 is 0. The summed E-state index contributed by atoms with van der Waals surface area (Å²) in [6.45, 7) is 4.96. The van der Waals surface area contributed by atoms with Gasteiger partial charge in [0, 0.05) is 5.75 Å². The Kier molecular flexibility index (Phi) is 5.75. The Morgan fingerprint density at radius 2 is 2.44 bits per heavy atom. The average molecular weight is 168 g/mol. The predicted octanol–water partition coefficient (Wildman–Crippen LogP) is -2.92. The van der Waals surface area contributed by atoms with Crippen LogP contribution in [0.1, 0.15) is 13.3 Å². The number of thioether (sulfide) groups is 1. The third kappa shape index (κ3) is 3.33.